The van der Waals surface area contributed by atoms with Gasteiger partial charge < -0.3 is 25.2 Å². The van der Waals surface area contributed by atoms with Gasteiger partial charge in [0.05, 0.1) is 30.3 Å². The lowest BCUT2D eigenvalue weighted by molar-refractivity contribution is -0.114. The second-order valence-electron chi connectivity index (χ2n) is 8.39. The van der Waals surface area contributed by atoms with Gasteiger partial charge in [0.15, 0.2) is 0 Å². The van der Waals surface area contributed by atoms with Crippen molar-refractivity contribution in [2.24, 2.45) is 0 Å². The molecule has 1 fully saturated rings. The van der Waals surface area contributed by atoms with Gasteiger partial charge in [-0.15, -0.1) is 0 Å². The Kier molecular flexibility index (Phi) is 9.21. The molecule has 190 valence electrons. The van der Waals surface area contributed by atoms with E-state index in [0.29, 0.717) is 25.3 Å². The Morgan fingerprint density at radius 3 is 2.46 bits per heavy atom. The number of aliphatic hydroxyl groups excluding tert-OH is 1. The molecule has 1 heterocycles. The quantitative estimate of drug-likeness (QED) is 0.448. The molecule has 2 amide bonds. The average molecular weight is 506 g/mol. The van der Waals surface area contributed by atoms with Gasteiger partial charge in [0.2, 0.25) is 15.9 Å². The maximum absolute atomic E-state index is 13.0. The van der Waals surface area contributed by atoms with Gasteiger partial charge in [0.25, 0.3) is 0 Å². The highest BCUT2D eigenvalue weighted by atomic mass is 32.2. The number of ether oxygens (including phenoxy) is 2. The summed E-state index contributed by atoms with van der Waals surface area (Å²) in [4.78, 5) is 23.6. The zero-order chi connectivity index (χ0) is 25.4. The van der Waals surface area contributed by atoms with Gasteiger partial charge in [-0.25, -0.2) is 13.2 Å². The Morgan fingerprint density at radius 1 is 1.17 bits per heavy atom. The van der Waals surface area contributed by atoms with Crippen LogP contribution in [0.15, 0.2) is 59.5 Å². The highest BCUT2D eigenvalue weighted by Crippen LogP contribution is 2.19. The number of carbonyl (C=O) groups excluding carboxylic acids is 2. The smallest absolute Gasteiger partial charge is 0.407 e. The van der Waals surface area contributed by atoms with Crippen LogP contribution in [0.4, 0.5) is 10.5 Å². The third kappa shape index (κ3) is 7.76. The van der Waals surface area contributed by atoms with E-state index >= 15 is 0 Å². The van der Waals surface area contributed by atoms with Crippen LogP contribution in [0.3, 0.4) is 0 Å². The Hall–Kier alpha value is -2.99. The lowest BCUT2D eigenvalue weighted by Gasteiger charge is -2.28. The molecule has 0 radical (unpaired) electrons. The number of hydrogen-bond donors (Lipinski definition) is 3. The number of likely N-dealkylation sites (N-methyl/N-ethyl adjacent to an activating group) is 1. The minimum Gasteiger partial charge on any atom is -0.444 e. The van der Waals surface area contributed by atoms with Crippen LogP contribution in [0, 0.1) is 0 Å². The van der Waals surface area contributed by atoms with Gasteiger partial charge in [-0.2, -0.15) is 4.31 Å². The van der Waals surface area contributed by atoms with Gasteiger partial charge >= 0.3 is 6.09 Å². The summed E-state index contributed by atoms with van der Waals surface area (Å²) in [6.45, 7) is 1.93. The number of alkyl carbamates (subject to hydrolysis) is 1. The van der Waals surface area contributed by atoms with Gasteiger partial charge in [-0.05, 0) is 36.2 Å². The minimum absolute atomic E-state index is 0.00881. The molecule has 2 aromatic rings. The molecule has 3 atom stereocenters. The molecule has 3 rings (SSSR count). The van der Waals surface area contributed by atoms with Gasteiger partial charge in [-0.3, -0.25) is 4.79 Å². The van der Waals surface area contributed by atoms with E-state index in [2.05, 4.69) is 10.6 Å². The predicted molar refractivity (Wildman–Crippen MR) is 129 cm³/mol. The molecule has 0 bridgehead atoms. The number of hydrogen-bond acceptors (Lipinski definition) is 7. The molecule has 0 aromatic heterocycles. The van der Waals surface area contributed by atoms with E-state index < -0.39 is 28.3 Å². The van der Waals surface area contributed by atoms with Crippen LogP contribution in [0.25, 0.3) is 0 Å². The van der Waals surface area contributed by atoms with Crippen molar-refractivity contribution < 1.29 is 32.6 Å². The molecular formula is C24H31N3O7S. The molecule has 11 heteroatoms. The Morgan fingerprint density at radius 2 is 1.86 bits per heavy atom. The van der Waals surface area contributed by atoms with Crippen molar-refractivity contribution >= 4 is 27.7 Å². The zero-order valence-corrected chi connectivity index (χ0v) is 20.5. The number of carbonyl (C=O) groups is 2. The lowest BCUT2D eigenvalue weighted by atomic mass is 10.0. The fourth-order valence-corrected chi connectivity index (χ4v) is 4.87. The number of aliphatic hydroxyl groups is 1. The van der Waals surface area contributed by atoms with Crippen LogP contribution in [0.5, 0.6) is 0 Å². The van der Waals surface area contributed by atoms with Crippen molar-refractivity contribution in [1.82, 2.24) is 9.62 Å². The Bertz CT molecular complexity index is 1090. The van der Waals surface area contributed by atoms with E-state index in [0.717, 1.165) is 9.87 Å². The normalized spacial score (nSPS) is 17.5. The fraction of sp³-hybridized carbons (Fsp3) is 0.417. The highest BCUT2D eigenvalue weighted by Gasteiger charge is 2.30. The van der Waals surface area contributed by atoms with E-state index in [9.17, 15) is 23.1 Å². The molecule has 35 heavy (non-hydrogen) atoms. The summed E-state index contributed by atoms with van der Waals surface area (Å²) in [6, 6.07) is 14.2. The summed E-state index contributed by atoms with van der Waals surface area (Å²) in [5.41, 5.74) is 1.33. The number of rotatable bonds is 10. The summed E-state index contributed by atoms with van der Waals surface area (Å²) < 4.78 is 37.7. The average Bonchev–Trinajstić information content (AvgIpc) is 3.32. The molecular weight excluding hydrogens is 474 g/mol. The first-order valence-corrected chi connectivity index (χ1v) is 12.7. The standard InChI is InChI=1S/C24H31N3O7S/c1-17(28)25-19-8-10-21(11-9-19)35(31,32)27(2)15-23(29)22(14-18-6-4-3-5-7-18)26-24(30)34-20-12-13-33-16-20/h3-11,20,22-23,29H,12-16H2,1-2H3,(H,25,28)(H,26,30)/t20?,22-,23+/m0/s1. The number of anilines is 1. The summed E-state index contributed by atoms with van der Waals surface area (Å²) in [7, 11) is -2.58. The predicted octanol–water partition coefficient (Wildman–Crippen LogP) is 1.75. The second-order valence-corrected chi connectivity index (χ2v) is 10.4. The molecule has 1 saturated heterocycles. The van der Waals surface area contributed by atoms with Crippen LogP contribution in [0.1, 0.15) is 18.9 Å². The molecule has 3 N–H and O–H groups in total. The number of benzene rings is 2. The third-order valence-electron chi connectivity index (χ3n) is 5.55. The first kappa shape index (κ1) is 26.6. The van der Waals surface area contributed by atoms with Gasteiger partial charge in [0.1, 0.15) is 6.10 Å². The zero-order valence-electron chi connectivity index (χ0n) is 19.7. The number of nitrogens with zero attached hydrogens (tertiary/aromatic N) is 1. The van der Waals surface area contributed by atoms with Crippen LogP contribution >= 0.6 is 0 Å². The molecule has 0 aliphatic carbocycles. The maximum atomic E-state index is 13.0. The SMILES string of the molecule is CC(=O)Nc1ccc(S(=O)(=O)N(C)C[C@@H](O)[C@H](Cc2ccccc2)NC(=O)OC2CCOC2)cc1. The van der Waals surface area contributed by atoms with E-state index in [4.69, 9.17) is 9.47 Å². The Balaban J connectivity index is 1.69. The largest absolute Gasteiger partial charge is 0.444 e. The van der Waals surface area contributed by atoms with Crippen molar-refractivity contribution in [2.45, 2.75) is 42.9 Å². The number of amides is 2. The van der Waals surface area contributed by atoms with E-state index in [1.54, 1.807) is 0 Å². The van der Waals surface area contributed by atoms with Crippen molar-refractivity contribution in [1.29, 1.82) is 0 Å². The molecule has 1 unspecified atom stereocenters. The molecule has 1 aliphatic rings. The second kappa shape index (κ2) is 12.1. The van der Waals surface area contributed by atoms with Crippen LogP contribution in [-0.2, 0) is 30.7 Å². The summed E-state index contributed by atoms with van der Waals surface area (Å²) in [5, 5.41) is 16.2. The summed E-state index contributed by atoms with van der Waals surface area (Å²) in [6.07, 6.45) is -1.40. The van der Waals surface area contributed by atoms with E-state index in [-0.39, 0.29) is 29.9 Å². The van der Waals surface area contributed by atoms with Gasteiger partial charge in [-0.1, -0.05) is 30.3 Å². The van der Waals surface area contributed by atoms with Crippen molar-refractivity contribution in [3.63, 3.8) is 0 Å². The van der Waals surface area contributed by atoms with Crippen LogP contribution in [-0.4, -0.2) is 74.9 Å². The maximum Gasteiger partial charge on any atom is 0.407 e. The first-order valence-electron chi connectivity index (χ1n) is 11.3. The topological polar surface area (TPSA) is 134 Å². The Labute approximate surface area is 205 Å². The molecule has 10 nitrogen and oxygen atoms in total. The van der Waals surface area contributed by atoms with Gasteiger partial charge in [0, 0.05) is 32.6 Å². The van der Waals surface area contributed by atoms with E-state index in [1.807, 2.05) is 30.3 Å². The molecule has 0 spiro atoms. The lowest BCUT2D eigenvalue weighted by Crippen LogP contribution is -2.50. The first-order chi connectivity index (χ1) is 16.6. The van der Waals surface area contributed by atoms with E-state index in [1.165, 1.54) is 38.2 Å². The van der Waals surface area contributed by atoms with Crippen LogP contribution < -0.4 is 10.6 Å². The summed E-state index contributed by atoms with van der Waals surface area (Å²) >= 11 is 0. The fourth-order valence-electron chi connectivity index (χ4n) is 3.68. The van der Waals surface area contributed by atoms with Crippen molar-refractivity contribution in [3.8, 4) is 0 Å². The van der Waals surface area contributed by atoms with Crippen molar-refractivity contribution in [3.05, 3.63) is 60.2 Å². The number of sulfonamides is 1. The van der Waals surface area contributed by atoms with Crippen LogP contribution in [0.2, 0.25) is 0 Å². The van der Waals surface area contributed by atoms with Crippen molar-refractivity contribution in [2.75, 3.05) is 32.1 Å². The number of nitrogens with one attached hydrogen (secondary N) is 2. The molecule has 0 saturated carbocycles. The molecule has 2 aromatic carbocycles. The third-order valence-corrected chi connectivity index (χ3v) is 7.39. The minimum atomic E-state index is -3.93. The summed E-state index contributed by atoms with van der Waals surface area (Å²) in [5.74, 6) is -0.267. The monoisotopic (exact) mass is 505 g/mol. The molecule has 1 aliphatic heterocycles. The highest BCUT2D eigenvalue weighted by molar-refractivity contribution is 7.89.